The molecule has 2 aromatic heterocycles. The average molecular weight is 264 g/mol. The number of H-pyrrole nitrogens is 1. The highest BCUT2D eigenvalue weighted by Crippen LogP contribution is 2.25. The van der Waals surface area contributed by atoms with Crippen LogP contribution in [0.2, 0.25) is 0 Å². The summed E-state index contributed by atoms with van der Waals surface area (Å²) < 4.78 is 4.93. The smallest absolute Gasteiger partial charge is 0.311 e. The lowest BCUT2D eigenvalue weighted by Gasteiger charge is -2.07. The summed E-state index contributed by atoms with van der Waals surface area (Å²) in [5.74, 6) is 0.802. The van der Waals surface area contributed by atoms with Crippen molar-refractivity contribution in [2.75, 3.05) is 18.2 Å². The van der Waals surface area contributed by atoms with Crippen molar-refractivity contribution < 1.29 is 9.66 Å². The molecule has 0 atom stereocenters. The minimum atomic E-state index is -0.520. The molecule has 0 radical (unpaired) electrons. The fourth-order valence-corrected chi connectivity index (χ4v) is 1.47. The third kappa shape index (κ3) is 2.70. The van der Waals surface area contributed by atoms with Crippen LogP contribution in [-0.4, -0.2) is 27.2 Å². The van der Waals surface area contributed by atoms with Crippen LogP contribution < -0.4 is 15.8 Å². The van der Waals surface area contributed by atoms with Crippen LogP contribution in [0.1, 0.15) is 5.56 Å². The Kier molecular flexibility index (Phi) is 3.46. The molecule has 0 aliphatic carbocycles. The van der Waals surface area contributed by atoms with Crippen LogP contribution in [0.3, 0.4) is 0 Å². The Morgan fingerprint density at radius 2 is 2.37 bits per heavy atom. The number of methoxy groups -OCH3 is 1. The van der Waals surface area contributed by atoms with Gasteiger partial charge in [0.1, 0.15) is 5.82 Å². The number of anilines is 2. The number of hydrogen-bond donors (Lipinski definition) is 3. The normalized spacial score (nSPS) is 10.2. The van der Waals surface area contributed by atoms with Crippen LogP contribution in [0, 0.1) is 10.1 Å². The maximum atomic E-state index is 10.9. The van der Waals surface area contributed by atoms with Gasteiger partial charge in [-0.3, -0.25) is 15.2 Å². The van der Waals surface area contributed by atoms with Crippen molar-refractivity contribution in [1.82, 2.24) is 15.2 Å². The lowest BCUT2D eigenvalue weighted by atomic mass is 10.3. The van der Waals surface area contributed by atoms with Gasteiger partial charge in [0.05, 0.1) is 18.2 Å². The van der Waals surface area contributed by atoms with Crippen molar-refractivity contribution >= 4 is 17.3 Å². The van der Waals surface area contributed by atoms with Gasteiger partial charge in [-0.1, -0.05) is 0 Å². The maximum Gasteiger partial charge on any atom is 0.311 e. The SMILES string of the molecule is COc1ccc([N+](=O)[O-])c(NCc2cn[nH]c2N)n1. The molecule has 0 aliphatic rings. The summed E-state index contributed by atoms with van der Waals surface area (Å²) in [7, 11) is 1.44. The number of rotatable bonds is 5. The minimum absolute atomic E-state index is 0.116. The lowest BCUT2D eigenvalue weighted by molar-refractivity contribution is -0.384. The number of ether oxygens (including phenoxy) is 1. The zero-order valence-corrected chi connectivity index (χ0v) is 10.1. The Balaban J connectivity index is 2.22. The van der Waals surface area contributed by atoms with Crippen LogP contribution in [0.4, 0.5) is 17.3 Å². The Bertz CT molecular complexity index is 597. The highest BCUT2D eigenvalue weighted by atomic mass is 16.6. The Morgan fingerprint density at radius 1 is 1.58 bits per heavy atom. The second kappa shape index (κ2) is 5.21. The van der Waals surface area contributed by atoms with E-state index in [2.05, 4.69) is 20.5 Å². The van der Waals surface area contributed by atoms with Crippen LogP contribution in [0.5, 0.6) is 5.88 Å². The van der Waals surface area contributed by atoms with E-state index in [0.717, 1.165) is 0 Å². The molecule has 0 saturated heterocycles. The molecule has 100 valence electrons. The number of hydrogen-bond acceptors (Lipinski definition) is 7. The van der Waals surface area contributed by atoms with Crippen LogP contribution in [-0.2, 0) is 6.54 Å². The third-order valence-electron chi connectivity index (χ3n) is 2.45. The number of aromatic nitrogens is 3. The van der Waals surface area contributed by atoms with E-state index in [1.54, 1.807) is 0 Å². The first-order valence-corrected chi connectivity index (χ1v) is 5.33. The van der Waals surface area contributed by atoms with Gasteiger partial charge in [0.2, 0.25) is 11.7 Å². The monoisotopic (exact) mass is 264 g/mol. The van der Waals surface area contributed by atoms with Gasteiger partial charge < -0.3 is 15.8 Å². The molecule has 0 spiro atoms. The molecule has 9 heteroatoms. The Hall–Kier alpha value is -2.84. The van der Waals surface area contributed by atoms with Crippen LogP contribution >= 0.6 is 0 Å². The molecule has 2 rings (SSSR count). The molecule has 19 heavy (non-hydrogen) atoms. The maximum absolute atomic E-state index is 10.9. The average Bonchev–Trinajstić information content (AvgIpc) is 2.81. The Labute approximate surface area is 107 Å². The van der Waals surface area contributed by atoms with E-state index >= 15 is 0 Å². The van der Waals surface area contributed by atoms with E-state index in [4.69, 9.17) is 10.5 Å². The molecule has 2 heterocycles. The van der Waals surface area contributed by atoms with Crippen molar-refractivity contribution in [3.8, 4) is 5.88 Å². The molecular formula is C10H12N6O3. The predicted octanol–water partition coefficient (Wildman–Crippen LogP) is 0.916. The van der Waals surface area contributed by atoms with E-state index in [-0.39, 0.29) is 23.9 Å². The van der Waals surface area contributed by atoms with Crippen molar-refractivity contribution in [3.05, 3.63) is 34.0 Å². The van der Waals surface area contributed by atoms with E-state index < -0.39 is 4.92 Å². The van der Waals surface area contributed by atoms with E-state index in [1.165, 1.54) is 25.4 Å². The van der Waals surface area contributed by atoms with Crippen molar-refractivity contribution in [3.63, 3.8) is 0 Å². The van der Waals surface area contributed by atoms with Gasteiger partial charge in [-0.2, -0.15) is 10.1 Å². The van der Waals surface area contributed by atoms with Gasteiger partial charge in [-0.25, -0.2) is 0 Å². The second-order valence-corrected chi connectivity index (χ2v) is 3.64. The van der Waals surface area contributed by atoms with Crippen molar-refractivity contribution in [2.24, 2.45) is 0 Å². The molecule has 0 unspecified atom stereocenters. The first-order valence-electron chi connectivity index (χ1n) is 5.33. The summed E-state index contributed by atoms with van der Waals surface area (Å²) in [5, 5.41) is 20.1. The largest absolute Gasteiger partial charge is 0.481 e. The highest BCUT2D eigenvalue weighted by Gasteiger charge is 2.16. The summed E-state index contributed by atoms with van der Waals surface area (Å²) in [5.41, 5.74) is 6.18. The number of nitrogens with one attached hydrogen (secondary N) is 2. The number of aromatic amines is 1. The zero-order chi connectivity index (χ0) is 13.8. The van der Waals surface area contributed by atoms with Gasteiger partial charge in [0.15, 0.2) is 0 Å². The van der Waals surface area contributed by atoms with Gasteiger partial charge >= 0.3 is 5.69 Å². The molecule has 0 saturated carbocycles. The molecule has 0 aliphatic heterocycles. The summed E-state index contributed by atoms with van der Waals surface area (Å²) in [4.78, 5) is 14.4. The third-order valence-corrected chi connectivity index (χ3v) is 2.45. The van der Waals surface area contributed by atoms with Gasteiger partial charge in [-0.15, -0.1) is 0 Å². The van der Waals surface area contributed by atoms with Crippen molar-refractivity contribution in [2.45, 2.75) is 6.54 Å². The molecule has 0 aromatic carbocycles. The standard InChI is InChI=1S/C10H12N6O3/c1-19-8-3-2-7(16(17)18)10(14-8)12-4-6-5-13-15-9(6)11/h2-3,5H,4H2,1H3,(H,12,14)(H3,11,13,15). The van der Waals surface area contributed by atoms with E-state index in [1.807, 2.05) is 0 Å². The van der Waals surface area contributed by atoms with Gasteiger partial charge in [-0.05, 0) is 0 Å². The van der Waals surface area contributed by atoms with E-state index in [9.17, 15) is 10.1 Å². The lowest BCUT2D eigenvalue weighted by Crippen LogP contribution is -2.06. The molecule has 0 fully saturated rings. The molecule has 0 bridgehead atoms. The first kappa shape index (κ1) is 12.6. The fourth-order valence-electron chi connectivity index (χ4n) is 1.47. The van der Waals surface area contributed by atoms with Crippen molar-refractivity contribution in [1.29, 1.82) is 0 Å². The van der Waals surface area contributed by atoms with E-state index in [0.29, 0.717) is 11.4 Å². The van der Waals surface area contributed by atoms with Crippen LogP contribution in [0.15, 0.2) is 18.3 Å². The number of nitrogens with zero attached hydrogens (tertiary/aromatic N) is 3. The zero-order valence-electron chi connectivity index (χ0n) is 10.1. The van der Waals surface area contributed by atoms with Crippen LogP contribution in [0.25, 0.3) is 0 Å². The van der Waals surface area contributed by atoms with Gasteiger partial charge in [0.25, 0.3) is 0 Å². The highest BCUT2D eigenvalue weighted by molar-refractivity contribution is 5.57. The fraction of sp³-hybridized carbons (Fsp3) is 0.200. The molecular weight excluding hydrogens is 252 g/mol. The minimum Gasteiger partial charge on any atom is -0.481 e. The number of pyridine rings is 1. The predicted molar refractivity (Wildman–Crippen MR) is 67.8 cm³/mol. The summed E-state index contributed by atoms with van der Waals surface area (Å²) in [6.45, 7) is 0.267. The number of nitro groups is 1. The summed E-state index contributed by atoms with van der Waals surface area (Å²) >= 11 is 0. The molecule has 0 amide bonds. The summed E-state index contributed by atoms with van der Waals surface area (Å²) in [6, 6.07) is 2.75. The quantitative estimate of drug-likeness (QED) is 0.540. The molecule has 9 nitrogen and oxygen atoms in total. The molecule has 4 N–H and O–H groups in total. The molecule has 2 aromatic rings. The summed E-state index contributed by atoms with van der Waals surface area (Å²) in [6.07, 6.45) is 1.54. The number of nitrogen functional groups attached to an aromatic ring is 1. The topological polar surface area (TPSA) is 132 Å². The first-order chi connectivity index (χ1) is 9.11. The second-order valence-electron chi connectivity index (χ2n) is 3.64. The number of nitrogens with two attached hydrogens (primary N) is 1. The Morgan fingerprint density at radius 3 is 2.95 bits per heavy atom. The van der Waals surface area contributed by atoms with Gasteiger partial charge in [0, 0.05) is 24.2 Å².